The Labute approximate surface area is 120 Å². The molecule has 1 unspecified atom stereocenters. The van der Waals surface area contributed by atoms with Gasteiger partial charge < -0.3 is 15.2 Å². The van der Waals surface area contributed by atoms with E-state index in [1.165, 1.54) is 25.3 Å². The summed E-state index contributed by atoms with van der Waals surface area (Å²) >= 11 is 0. The third kappa shape index (κ3) is 4.36. The van der Waals surface area contributed by atoms with Crippen LogP contribution >= 0.6 is 0 Å². The highest BCUT2D eigenvalue weighted by atomic mass is 32.2. The van der Waals surface area contributed by atoms with Gasteiger partial charge >= 0.3 is 0 Å². The SMILES string of the molecule is CCCC(COC)NS(=O)(=O)c1ccc(N)c(OC)c1. The quantitative estimate of drug-likeness (QED) is 0.708. The van der Waals surface area contributed by atoms with E-state index in [0.717, 1.165) is 6.42 Å². The van der Waals surface area contributed by atoms with Crippen molar-refractivity contribution in [2.24, 2.45) is 0 Å². The Hall–Kier alpha value is -1.31. The summed E-state index contributed by atoms with van der Waals surface area (Å²) in [7, 11) is -0.629. The van der Waals surface area contributed by atoms with Crippen molar-refractivity contribution in [3.05, 3.63) is 18.2 Å². The van der Waals surface area contributed by atoms with Crippen molar-refractivity contribution >= 4 is 15.7 Å². The van der Waals surface area contributed by atoms with Crippen molar-refractivity contribution in [1.29, 1.82) is 0 Å². The second-order valence-electron chi connectivity index (χ2n) is 4.47. The zero-order valence-electron chi connectivity index (χ0n) is 12.0. The molecule has 0 saturated carbocycles. The Morgan fingerprint density at radius 3 is 2.60 bits per heavy atom. The molecule has 0 saturated heterocycles. The molecule has 0 aromatic heterocycles. The number of sulfonamides is 1. The number of nitrogens with one attached hydrogen (secondary N) is 1. The lowest BCUT2D eigenvalue weighted by Crippen LogP contribution is -2.37. The molecule has 1 aromatic rings. The molecule has 0 heterocycles. The van der Waals surface area contributed by atoms with Crippen LogP contribution < -0.4 is 15.2 Å². The molecule has 6 nitrogen and oxygen atoms in total. The van der Waals surface area contributed by atoms with Crippen molar-refractivity contribution in [3.63, 3.8) is 0 Å². The van der Waals surface area contributed by atoms with Crippen LogP contribution in [0.3, 0.4) is 0 Å². The van der Waals surface area contributed by atoms with Gasteiger partial charge in [-0.25, -0.2) is 13.1 Å². The molecule has 1 aromatic carbocycles. The van der Waals surface area contributed by atoms with E-state index in [1.54, 1.807) is 7.11 Å². The fraction of sp³-hybridized carbons (Fsp3) is 0.538. The molecular weight excluding hydrogens is 280 g/mol. The van der Waals surface area contributed by atoms with Gasteiger partial charge in [-0.3, -0.25) is 0 Å². The molecule has 3 N–H and O–H groups in total. The Morgan fingerprint density at radius 2 is 2.05 bits per heavy atom. The summed E-state index contributed by atoms with van der Waals surface area (Å²) < 4.78 is 37.3. The number of anilines is 1. The van der Waals surface area contributed by atoms with Crippen molar-refractivity contribution in [2.75, 3.05) is 26.6 Å². The van der Waals surface area contributed by atoms with E-state index in [2.05, 4.69) is 4.72 Å². The van der Waals surface area contributed by atoms with Crippen molar-refractivity contribution < 1.29 is 17.9 Å². The summed E-state index contributed by atoms with van der Waals surface area (Å²) in [6.45, 7) is 2.32. The summed E-state index contributed by atoms with van der Waals surface area (Å²) in [5, 5.41) is 0. The lowest BCUT2D eigenvalue weighted by Gasteiger charge is -2.17. The highest BCUT2D eigenvalue weighted by molar-refractivity contribution is 7.89. The highest BCUT2D eigenvalue weighted by Gasteiger charge is 2.20. The summed E-state index contributed by atoms with van der Waals surface area (Å²) in [5.74, 6) is 0.339. The first kappa shape index (κ1) is 16.7. The van der Waals surface area contributed by atoms with Gasteiger partial charge in [0.05, 0.1) is 24.3 Å². The van der Waals surface area contributed by atoms with E-state index in [9.17, 15) is 8.42 Å². The maximum Gasteiger partial charge on any atom is 0.241 e. The molecule has 0 radical (unpaired) electrons. The van der Waals surface area contributed by atoms with Gasteiger partial charge in [0.1, 0.15) is 5.75 Å². The van der Waals surface area contributed by atoms with Gasteiger partial charge in [0.15, 0.2) is 0 Å². The predicted octanol–water partition coefficient (Wildman–Crippen LogP) is 1.37. The minimum absolute atomic E-state index is 0.126. The normalized spacial score (nSPS) is 13.2. The average Bonchev–Trinajstić information content (AvgIpc) is 2.39. The highest BCUT2D eigenvalue weighted by Crippen LogP contribution is 2.24. The van der Waals surface area contributed by atoms with Gasteiger partial charge in [-0.15, -0.1) is 0 Å². The zero-order valence-corrected chi connectivity index (χ0v) is 12.9. The van der Waals surface area contributed by atoms with Crippen LogP contribution in [-0.4, -0.2) is 35.3 Å². The largest absolute Gasteiger partial charge is 0.495 e. The van der Waals surface area contributed by atoms with E-state index in [0.29, 0.717) is 24.5 Å². The number of methoxy groups -OCH3 is 2. The van der Waals surface area contributed by atoms with Crippen LogP contribution in [0.5, 0.6) is 5.75 Å². The summed E-state index contributed by atoms with van der Waals surface area (Å²) in [6.07, 6.45) is 1.57. The van der Waals surface area contributed by atoms with Crippen LogP contribution in [-0.2, 0) is 14.8 Å². The van der Waals surface area contributed by atoms with E-state index in [-0.39, 0.29) is 10.9 Å². The van der Waals surface area contributed by atoms with Crippen LogP contribution in [0.4, 0.5) is 5.69 Å². The zero-order chi connectivity index (χ0) is 15.2. The number of nitrogens with two attached hydrogens (primary N) is 1. The first-order valence-electron chi connectivity index (χ1n) is 6.39. The van der Waals surface area contributed by atoms with Crippen LogP contribution in [0.1, 0.15) is 19.8 Å². The smallest absolute Gasteiger partial charge is 0.241 e. The lowest BCUT2D eigenvalue weighted by atomic mass is 10.2. The Kier molecular flexibility index (Phi) is 6.25. The van der Waals surface area contributed by atoms with Crippen LogP contribution in [0, 0.1) is 0 Å². The van der Waals surface area contributed by atoms with Gasteiger partial charge in [-0.2, -0.15) is 0 Å². The maximum atomic E-state index is 12.3. The number of hydrogen-bond donors (Lipinski definition) is 2. The van der Waals surface area contributed by atoms with Gasteiger partial charge in [-0.1, -0.05) is 13.3 Å². The third-order valence-corrected chi connectivity index (χ3v) is 4.36. The molecule has 0 spiro atoms. The molecule has 7 heteroatoms. The average molecular weight is 302 g/mol. The van der Waals surface area contributed by atoms with Crippen LogP contribution in [0.2, 0.25) is 0 Å². The van der Waals surface area contributed by atoms with Gasteiger partial charge in [0.2, 0.25) is 10.0 Å². The Bertz CT molecular complexity index is 525. The number of ether oxygens (including phenoxy) is 2. The minimum Gasteiger partial charge on any atom is -0.495 e. The van der Waals surface area contributed by atoms with Gasteiger partial charge in [0, 0.05) is 19.2 Å². The lowest BCUT2D eigenvalue weighted by molar-refractivity contribution is 0.171. The summed E-state index contributed by atoms with van der Waals surface area (Å²) in [4.78, 5) is 0.126. The third-order valence-electron chi connectivity index (χ3n) is 2.84. The van der Waals surface area contributed by atoms with E-state index in [4.69, 9.17) is 15.2 Å². The van der Waals surface area contributed by atoms with Crippen molar-refractivity contribution in [1.82, 2.24) is 4.72 Å². The van der Waals surface area contributed by atoms with Crippen LogP contribution in [0.15, 0.2) is 23.1 Å². The molecule has 0 amide bonds. The minimum atomic E-state index is -3.62. The molecule has 0 aliphatic carbocycles. The first-order chi connectivity index (χ1) is 9.44. The molecule has 1 atom stereocenters. The standard InChI is InChI=1S/C13H22N2O4S/c1-4-5-10(9-18-2)15-20(16,17)11-6-7-12(14)13(8-11)19-3/h6-8,10,15H,4-5,9,14H2,1-3H3. The number of benzene rings is 1. The molecule has 1 rings (SSSR count). The van der Waals surface area contributed by atoms with E-state index < -0.39 is 10.0 Å². The first-order valence-corrected chi connectivity index (χ1v) is 7.87. The second-order valence-corrected chi connectivity index (χ2v) is 6.18. The van der Waals surface area contributed by atoms with Gasteiger partial charge in [0.25, 0.3) is 0 Å². The molecule has 0 aliphatic heterocycles. The van der Waals surface area contributed by atoms with Crippen molar-refractivity contribution in [3.8, 4) is 5.75 Å². The van der Waals surface area contributed by atoms with E-state index in [1.807, 2.05) is 6.92 Å². The number of nitrogen functional groups attached to an aromatic ring is 1. The Morgan fingerprint density at radius 1 is 1.35 bits per heavy atom. The Balaban J connectivity index is 2.97. The molecule has 20 heavy (non-hydrogen) atoms. The second kappa shape index (κ2) is 7.47. The number of hydrogen-bond acceptors (Lipinski definition) is 5. The monoisotopic (exact) mass is 302 g/mol. The topological polar surface area (TPSA) is 90.7 Å². The number of rotatable bonds is 8. The molecular formula is C13H22N2O4S. The fourth-order valence-corrected chi connectivity index (χ4v) is 3.14. The van der Waals surface area contributed by atoms with Gasteiger partial charge in [-0.05, 0) is 18.6 Å². The molecule has 0 aliphatic rings. The van der Waals surface area contributed by atoms with Crippen LogP contribution in [0.25, 0.3) is 0 Å². The fourth-order valence-electron chi connectivity index (χ4n) is 1.87. The maximum absolute atomic E-state index is 12.3. The van der Waals surface area contributed by atoms with Crippen molar-refractivity contribution in [2.45, 2.75) is 30.7 Å². The van der Waals surface area contributed by atoms with E-state index >= 15 is 0 Å². The molecule has 114 valence electrons. The molecule has 0 bridgehead atoms. The molecule has 0 fully saturated rings. The predicted molar refractivity (Wildman–Crippen MR) is 78.3 cm³/mol. The summed E-state index contributed by atoms with van der Waals surface area (Å²) in [5.41, 5.74) is 6.08. The summed E-state index contributed by atoms with van der Waals surface area (Å²) in [6, 6.07) is 4.13.